The number of fused-ring (bicyclic) bond motifs is 1. The van der Waals surface area contributed by atoms with Gasteiger partial charge in [0.25, 0.3) is 0 Å². The van der Waals surface area contributed by atoms with Crippen LogP contribution in [-0.2, 0) is 11.3 Å². The van der Waals surface area contributed by atoms with Crippen LogP contribution in [0.25, 0.3) is 0 Å². The first-order valence-corrected chi connectivity index (χ1v) is 6.99. The highest BCUT2D eigenvalue weighted by Crippen LogP contribution is 2.28. The van der Waals surface area contributed by atoms with Crippen molar-refractivity contribution in [2.75, 3.05) is 13.2 Å². The van der Waals surface area contributed by atoms with Gasteiger partial charge in [0.05, 0.1) is 6.54 Å². The third kappa shape index (κ3) is 2.59. The summed E-state index contributed by atoms with van der Waals surface area (Å²) in [4.78, 5) is 14.4. The van der Waals surface area contributed by atoms with Gasteiger partial charge < -0.3 is 15.4 Å². The van der Waals surface area contributed by atoms with E-state index in [1.54, 1.807) is 0 Å². The predicted octanol–water partition coefficient (Wildman–Crippen LogP) is 1.53. The van der Waals surface area contributed by atoms with Crippen molar-refractivity contribution in [2.24, 2.45) is 11.7 Å². The summed E-state index contributed by atoms with van der Waals surface area (Å²) in [6, 6.07) is 8.15. The Balaban J connectivity index is 1.73. The van der Waals surface area contributed by atoms with Crippen LogP contribution in [0.2, 0.25) is 0 Å². The topological polar surface area (TPSA) is 55.6 Å². The summed E-state index contributed by atoms with van der Waals surface area (Å²) in [7, 11) is 0. The lowest BCUT2D eigenvalue weighted by molar-refractivity contribution is -0.136. The highest BCUT2D eigenvalue weighted by atomic mass is 16.5. The Morgan fingerprint density at radius 2 is 2.16 bits per heavy atom. The second-order valence-electron chi connectivity index (χ2n) is 5.49. The van der Waals surface area contributed by atoms with Crippen LogP contribution in [-0.4, -0.2) is 30.0 Å². The van der Waals surface area contributed by atoms with Crippen LogP contribution < -0.4 is 10.5 Å². The van der Waals surface area contributed by atoms with Crippen LogP contribution in [0.3, 0.4) is 0 Å². The van der Waals surface area contributed by atoms with Crippen molar-refractivity contribution in [1.82, 2.24) is 4.90 Å². The summed E-state index contributed by atoms with van der Waals surface area (Å²) >= 11 is 0. The summed E-state index contributed by atoms with van der Waals surface area (Å²) in [6.07, 6.45) is 2.73. The maximum absolute atomic E-state index is 12.5. The number of carbonyl (C=O) groups excluding carboxylic acids is 1. The number of nitrogens with zero attached hydrogens (tertiary/aromatic N) is 1. The number of hydrogen-bond donors (Lipinski definition) is 1. The molecule has 19 heavy (non-hydrogen) atoms. The van der Waals surface area contributed by atoms with Gasteiger partial charge in [-0.2, -0.15) is 0 Å². The largest absolute Gasteiger partial charge is 0.491 e. The number of rotatable bonds is 1. The number of hydrogen-bond acceptors (Lipinski definition) is 3. The standard InChI is InChI=1S/C15H20N2O2/c16-13-6-5-11(9-13)15(18)17-7-8-19-14-4-2-1-3-12(14)10-17/h1-4,11,13H,5-10,16H2/t11-,13-/m0/s1. The van der Waals surface area contributed by atoms with E-state index in [0.717, 1.165) is 30.6 Å². The van der Waals surface area contributed by atoms with E-state index >= 15 is 0 Å². The van der Waals surface area contributed by atoms with Crippen LogP contribution in [0.15, 0.2) is 24.3 Å². The highest BCUT2D eigenvalue weighted by Gasteiger charge is 2.31. The van der Waals surface area contributed by atoms with Gasteiger partial charge in [-0.1, -0.05) is 18.2 Å². The minimum absolute atomic E-state index is 0.111. The van der Waals surface area contributed by atoms with Crippen LogP contribution >= 0.6 is 0 Å². The lowest BCUT2D eigenvalue weighted by Gasteiger charge is -2.23. The van der Waals surface area contributed by atoms with Gasteiger partial charge in [-0.05, 0) is 25.3 Å². The molecule has 2 aliphatic rings. The van der Waals surface area contributed by atoms with E-state index in [0.29, 0.717) is 19.7 Å². The molecule has 1 aromatic carbocycles. The molecule has 0 spiro atoms. The van der Waals surface area contributed by atoms with E-state index in [4.69, 9.17) is 10.5 Å². The van der Waals surface area contributed by atoms with Crippen molar-refractivity contribution < 1.29 is 9.53 Å². The van der Waals surface area contributed by atoms with Crippen molar-refractivity contribution in [1.29, 1.82) is 0 Å². The minimum Gasteiger partial charge on any atom is -0.491 e. The Bertz CT molecular complexity index is 475. The SMILES string of the molecule is N[C@H]1CC[C@H](C(=O)N2CCOc3ccccc3C2)C1. The van der Waals surface area contributed by atoms with Crippen molar-refractivity contribution in [2.45, 2.75) is 31.8 Å². The predicted molar refractivity (Wildman–Crippen MR) is 72.7 cm³/mol. The third-order valence-electron chi connectivity index (χ3n) is 4.09. The molecule has 0 saturated heterocycles. The summed E-state index contributed by atoms with van der Waals surface area (Å²) in [5, 5.41) is 0. The summed E-state index contributed by atoms with van der Waals surface area (Å²) in [5.74, 6) is 1.26. The first-order valence-electron chi connectivity index (χ1n) is 6.99. The smallest absolute Gasteiger partial charge is 0.226 e. The highest BCUT2D eigenvalue weighted by molar-refractivity contribution is 5.79. The number of carbonyl (C=O) groups is 1. The van der Waals surface area contributed by atoms with Gasteiger partial charge in [0.1, 0.15) is 12.4 Å². The van der Waals surface area contributed by atoms with E-state index in [1.165, 1.54) is 0 Å². The molecule has 1 aliphatic heterocycles. The molecule has 1 heterocycles. The zero-order valence-corrected chi connectivity index (χ0v) is 11.0. The average molecular weight is 260 g/mol. The molecular weight excluding hydrogens is 240 g/mol. The molecule has 1 fully saturated rings. The molecule has 1 aliphatic carbocycles. The number of benzene rings is 1. The summed E-state index contributed by atoms with van der Waals surface area (Å²) < 4.78 is 5.69. The Kier molecular flexibility index (Phi) is 3.42. The lowest BCUT2D eigenvalue weighted by Crippen LogP contribution is -2.36. The molecule has 1 aromatic rings. The fraction of sp³-hybridized carbons (Fsp3) is 0.533. The molecule has 0 unspecified atom stereocenters. The Labute approximate surface area is 113 Å². The van der Waals surface area contributed by atoms with Gasteiger partial charge >= 0.3 is 0 Å². The summed E-state index contributed by atoms with van der Waals surface area (Å²) in [6.45, 7) is 1.89. The molecule has 0 aromatic heterocycles. The quantitative estimate of drug-likeness (QED) is 0.833. The van der Waals surface area contributed by atoms with Crippen molar-refractivity contribution in [3.8, 4) is 5.75 Å². The van der Waals surface area contributed by atoms with Crippen molar-refractivity contribution in [3.63, 3.8) is 0 Å². The van der Waals surface area contributed by atoms with Gasteiger partial charge in [0.2, 0.25) is 5.91 Å². The van der Waals surface area contributed by atoms with Gasteiger partial charge in [-0.25, -0.2) is 0 Å². The van der Waals surface area contributed by atoms with Gasteiger partial charge in [-0.15, -0.1) is 0 Å². The molecule has 102 valence electrons. The average Bonchev–Trinajstić information content (AvgIpc) is 2.74. The van der Waals surface area contributed by atoms with Crippen LogP contribution in [0.1, 0.15) is 24.8 Å². The fourth-order valence-electron chi connectivity index (χ4n) is 3.01. The molecule has 2 N–H and O–H groups in total. The molecule has 4 nitrogen and oxygen atoms in total. The maximum Gasteiger partial charge on any atom is 0.226 e. The molecule has 2 atom stereocenters. The lowest BCUT2D eigenvalue weighted by atomic mass is 10.1. The first-order chi connectivity index (χ1) is 9.24. The molecule has 1 amide bonds. The maximum atomic E-state index is 12.5. The van der Waals surface area contributed by atoms with Crippen molar-refractivity contribution >= 4 is 5.91 Å². The Hall–Kier alpha value is -1.55. The monoisotopic (exact) mass is 260 g/mol. The second-order valence-corrected chi connectivity index (χ2v) is 5.49. The van der Waals surface area contributed by atoms with Crippen LogP contribution in [0.5, 0.6) is 5.75 Å². The number of amides is 1. The van der Waals surface area contributed by atoms with Gasteiger partial charge in [0.15, 0.2) is 0 Å². The Morgan fingerprint density at radius 1 is 1.32 bits per heavy atom. The molecule has 0 bridgehead atoms. The Morgan fingerprint density at radius 3 is 2.95 bits per heavy atom. The first kappa shape index (κ1) is 12.5. The van der Waals surface area contributed by atoms with E-state index in [9.17, 15) is 4.79 Å². The van der Waals surface area contributed by atoms with E-state index in [-0.39, 0.29) is 17.9 Å². The normalized spacial score (nSPS) is 26.5. The fourth-order valence-corrected chi connectivity index (χ4v) is 3.01. The number of para-hydroxylation sites is 1. The molecule has 4 heteroatoms. The zero-order valence-electron chi connectivity index (χ0n) is 11.0. The number of ether oxygens (including phenoxy) is 1. The van der Waals surface area contributed by atoms with E-state index in [1.807, 2.05) is 29.2 Å². The molecule has 0 radical (unpaired) electrons. The van der Waals surface area contributed by atoms with E-state index < -0.39 is 0 Å². The van der Waals surface area contributed by atoms with Crippen LogP contribution in [0, 0.1) is 5.92 Å². The zero-order chi connectivity index (χ0) is 13.2. The molecule has 1 saturated carbocycles. The summed E-state index contributed by atoms with van der Waals surface area (Å²) in [5.41, 5.74) is 7.00. The van der Waals surface area contributed by atoms with Crippen molar-refractivity contribution in [3.05, 3.63) is 29.8 Å². The van der Waals surface area contributed by atoms with Crippen LogP contribution in [0.4, 0.5) is 0 Å². The second kappa shape index (κ2) is 5.21. The van der Waals surface area contributed by atoms with Gasteiger partial charge in [-0.3, -0.25) is 4.79 Å². The van der Waals surface area contributed by atoms with E-state index in [2.05, 4.69) is 0 Å². The van der Waals surface area contributed by atoms with Gasteiger partial charge in [0, 0.05) is 24.1 Å². The molecular formula is C15H20N2O2. The molecule has 3 rings (SSSR count). The number of nitrogens with two attached hydrogens (primary N) is 1. The third-order valence-corrected chi connectivity index (χ3v) is 4.09. The minimum atomic E-state index is 0.111.